The van der Waals surface area contributed by atoms with E-state index >= 15 is 0 Å². The van der Waals surface area contributed by atoms with Gasteiger partial charge < -0.3 is 5.32 Å². The van der Waals surface area contributed by atoms with E-state index in [0.29, 0.717) is 12.1 Å². The molecule has 1 N–H and O–H groups in total. The molecule has 0 spiro atoms. The highest BCUT2D eigenvalue weighted by molar-refractivity contribution is 4.88. The Balaban J connectivity index is 2.59. The fourth-order valence-electron chi connectivity index (χ4n) is 3.30. The minimum Gasteiger partial charge on any atom is -0.311 e. The van der Waals surface area contributed by atoms with Crippen molar-refractivity contribution in [1.82, 2.24) is 10.2 Å². The van der Waals surface area contributed by atoms with Gasteiger partial charge in [-0.25, -0.2) is 0 Å². The summed E-state index contributed by atoms with van der Waals surface area (Å²) in [5, 5.41) is 3.69. The molecule has 1 fully saturated rings. The van der Waals surface area contributed by atoms with Crippen molar-refractivity contribution < 1.29 is 0 Å². The van der Waals surface area contributed by atoms with E-state index in [1.807, 2.05) is 0 Å². The highest BCUT2D eigenvalue weighted by Gasteiger charge is 2.30. The summed E-state index contributed by atoms with van der Waals surface area (Å²) in [4.78, 5) is 2.74. The van der Waals surface area contributed by atoms with Crippen molar-refractivity contribution in [3.05, 3.63) is 0 Å². The largest absolute Gasteiger partial charge is 0.311 e. The Morgan fingerprint density at radius 1 is 1.24 bits per heavy atom. The molecule has 3 unspecified atom stereocenters. The summed E-state index contributed by atoms with van der Waals surface area (Å²) in [6.07, 6.45) is 5.23. The molecule has 102 valence electrons. The van der Waals surface area contributed by atoms with Crippen molar-refractivity contribution in [2.24, 2.45) is 5.92 Å². The predicted molar refractivity (Wildman–Crippen MR) is 76.4 cm³/mol. The van der Waals surface area contributed by atoms with Crippen LogP contribution in [0.25, 0.3) is 0 Å². The zero-order valence-corrected chi connectivity index (χ0v) is 12.5. The number of nitrogens with zero attached hydrogens (tertiary/aromatic N) is 1. The van der Waals surface area contributed by atoms with E-state index in [4.69, 9.17) is 0 Å². The summed E-state index contributed by atoms with van der Waals surface area (Å²) in [5.74, 6) is 0.859. The Bertz CT molecular complexity index is 201. The van der Waals surface area contributed by atoms with Gasteiger partial charge in [-0.3, -0.25) is 4.90 Å². The maximum Gasteiger partial charge on any atom is 0.0196 e. The summed E-state index contributed by atoms with van der Waals surface area (Å²) < 4.78 is 0. The first-order chi connectivity index (χ1) is 8.13. The molecule has 1 aliphatic rings. The predicted octanol–water partition coefficient (Wildman–Crippen LogP) is 3.27. The van der Waals surface area contributed by atoms with Crippen LogP contribution in [0, 0.1) is 5.92 Å². The first kappa shape index (κ1) is 15.0. The van der Waals surface area contributed by atoms with Gasteiger partial charge in [-0.1, -0.05) is 40.0 Å². The van der Waals surface area contributed by atoms with Crippen LogP contribution in [0.1, 0.15) is 60.3 Å². The van der Waals surface area contributed by atoms with Gasteiger partial charge in [0.1, 0.15) is 0 Å². The highest BCUT2D eigenvalue weighted by Crippen LogP contribution is 2.23. The molecule has 0 amide bonds. The van der Waals surface area contributed by atoms with Crippen LogP contribution in [0.4, 0.5) is 0 Å². The quantitative estimate of drug-likeness (QED) is 0.766. The van der Waals surface area contributed by atoms with Gasteiger partial charge in [-0.15, -0.1) is 0 Å². The summed E-state index contributed by atoms with van der Waals surface area (Å²) in [6.45, 7) is 14.2. The maximum atomic E-state index is 3.69. The molecule has 17 heavy (non-hydrogen) atoms. The lowest BCUT2D eigenvalue weighted by molar-refractivity contribution is 0.0632. The van der Waals surface area contributed by atoms with E-state index in [0.717, 1.165) is 18.5 Å². The lowest BCUT2D eigenvalue weighted by Gasteiger charge is -2.44. The Kier molecular flexibility index (Phi) is 6.50. The molecule has 2 heteroatoms. The lowest BCUT2D eigenvalue weighted by atomic mass is 9.91. The van der Waals surface area contributed by atoms with Crippen LogP contribution in [0.3, 0.4) is 0 Å². The van der Waals surface area contributed by atoms with Crippen molar-refractivity contribution >= 4 is 0 Å². The van der Waals surface area contributed by atoms with Crippen molar-refractivity contribution in [3.63, 3.8) is 0 Å². The fraction of sp³-hybridized carbons (Fsp3) is 1.00. The standard InChI is InChI=1S/C15H32N2/c1-6-9-15-11-17(12(4)10-16-15)13(5)14(7-2)8-3/h12-16H,6-11H2,1-5H3. The van der Waals surface area contributed by atoms with Gasteiger partial charge in [-0.2, -0.15) is 0 Å². The monoisotopic (exact) mass is 240 g/mol. The van der Waals surface area contributed by atoms with Crippen LogP contribution in [0.15, 0.2) is 0 Å². The molecule has 0 aromatic carbocycles. The maximum absolute atomic E-state index is 3.69. The van der Waals surface area contributed by atoms with Crippen LogP contribution in [0.2, 0.25) is 0 Å². The minimum atomic E-state index is 0.693. The van der Waals surface area contributed by atoms with E-state index in [1.165, 1.54) is 32.2 Å². The van der Waals surface area contributed by atoms with E-state index in [1.54, 1.807) is 0 Å². The van der Waals surface area contributed by atoms with E-state index in [2.05, 4.69) is 44.8 Å². The second kappa shape index (κ2) is 7.38. The molecule has 2 nitrogen and oxygen atoms in total. The van der Waals surface area contributed by atoms with Gasteiger partial charge in [0.05, 0.1) is 0 Å². The highest BCUT2D eigenvalue weighted by atomic mass is 15.2. The molecule has 3 atom stereocenters. The molecule has 0 bridgehead atoms. The van der Waals surface area contributed by atoms with E-state index < -0.39 is 0 Å². The van der Waals surface area contributed by atoms with Crippen LogP contribution in [-0.4, -0.2) is 36.1 Å². The van der Waals surface area contributed by atoms with Gasteiger partial charge in [0.2, 0.25) is 0 Å². The number of piperazine rings is 1. The van der Waals surface area contributed by atoms with Gasteiger partial charge >= 0.3 is 0 Å². The summed E-state index contributed by atoms with van der Waals surface area (Å²) in [7, 11) is 0. The van der Waals surface area contributed by atoms with E-state index in [-0.39, 0.29) is 0 Å². The Morgan fingerprint density at radius 2 is 1.88 bits per heavy atom. The van der Waals surface area contributed by atoms with Gasteiger partial charge in [0.15, 0.2) is 0 Å². The molecule has 0 aliphatic carbocycles. The molecule has 0 radical (unpaired) electrons. The summed E-state index contributed by atoms with van der Waals surface area (Å²) in [5.41, 5.74) is 0. The van der Waals surface area contributed by atoms with Crippen molar-refractivity contribution in [2.75, 3.05) is 13.1 Å². The molecule has 0 aromatic heterocycles. The topological polar surface area (TPSA) is 15.3 Å². The zero-order valence-electron chi connectivity index (χ0n) is 12.5. The van der Waals surface area contributed by atoms with Crippen molar-refractivity contribution in [2.45, 2.75) is 78.4 Å². The Labute approximate surface area is 108 Å². The molecule has 1 rings (SSSR count). The fourth-order valence-corrected chi connectivity index (χ4v) is 3.30. The van der Waals surface area contributed by atoms with Gasteiger partial charge in [-0.05, 0) is 26.2 Å². The number of nitrogens with one attached hydrogen (secondary N) is 1. The second-order valence-corrected chi connectivity index (χ2v) is 5.76. The lowest BCUT2D eigenvalue weighted by Crippen LogP contribution is -2.59. The molecular formula is C15H32N2. The third-order valence-corrected chi connectivity index (χ3v) is 4.59. The minimum absolute atomic E-state index is 0.693. The zero-order chi connectivity index (χ0) is 12.8. The molecule has 0 saturated carbocycles. The van der Waals surface area contributed by atoms with Crippen LogP contribution < -0.4 is 5.32 Å². The molecule has 0 aromatic rings. The normalized spacial score (nSPS) is 28.6. The Hall–Kier alpha value is -0.0800. The third kappa shape index (κ3) is 3.96. The number of hydrogen-bond acceptors (Lipinski definition) is 2. The number of hydrogen-bond donors (Lipinski definition) is 1. The van der Waals surface area contributed by atoms with Crippen LogP contribution in [-0.2, 0) is 0 Å². The van der Waals surface area contributed by atoms with Crippen LogP contribution in [0.5, 0.6) is 0 Å². The Morgan fingerprint density at radius 3 is 2.41 bits per heavy atom. The molecule has 1 saturated heterocycles. The molecule has 1 aliphatic heterocycles. The number of rotatable bonds is 6. The first-order valence-electron chi connectivity index (χ1n) is 7.63. The average molecular weight is 240 g/mol. The van der Waals surface area contributed by atoms with Gasteiger partial charge in [0, 0.05) is 31.2 Å². The van der Waals surface area contributed by atoms with E-state index in [9.17, 15) is 0 Å². The first-order valence-corrected chi connectivity index (χ1v) is 7.63. The van der Waals surface area contributed by atoms with Crippen molar-refractivity contribution in [1.29, 1.82) is 0 Å². The molecule has 1 heterocycles. The summed E-state index contributed by atoms with van der Waals surface area (Å²) >= 11 is 0. The average Bonchev–Trinajstić information content (AvgIpc) is 2.33. The van der Waals surface area contributed by atoms with Crippen LogP contribution >= 0.6 is 0 Å². The smallest absolute Gasteiger partial charge is 0.0196 e. The summed E-state index contributed by atoms with van der Waals surface area (Å²) in [6, 6.07) is 2.15. The molecular weight excluding hydrogens is 208 g/mol. The SMILES string of the molecule is CCCC1CN(C(C)C(CC)CC)C(C)CN1. The third-order valence-electron chi connectivity index (χ3n) is 4.59. The second-order valence-electron chi connectivity index (χ2n) is 5.76. The van der Waals surface area contributed by atoms with Gasteiger partial charge in [0.25, 0.3) is 0 Å². The van der Waals surface area contributed by atoms with Crippen molar-refractivity contribution in [3.8, 4) is 0 Å².